The van der Waals surface area contributed by atoms with E-state index in [2.05, 4.69) is 10.3 Å². The number of pyridine rings is 1. The van der Waals surface area contributed by atoms with Crippen LogP contribution < -0.4 is 5.32 Å². The molecule has 1 amide bonds. The minimum Gasteiger partial charge on any atom is -0.322 e. The molecule has 3 aromatic rings. The van der Waals surface area contributed by atoms with Gasteiger partial charge in [0.1, 0.15) is 0 Å². The van der Waals surface area contributed by atoms with Gasteiger partial charge in [-0.2, -0.15) is 13.2 Å². The maximum Gasteiger partial charge on any atom is 0.417 e. The minimum absolute atomic E-state index is 0.232. The Bertz CT molecular complexity index is 1150. The van der Waals surface area contributed by atoms with Crippen LogP contribution in [0.15, 0.2) is 76.8 Å². The van der Waals surface area contributed by atoms with Crippen molar-refractivity contribution >= 4 is 33.0 Å². The van der Waals surface area contributed by atoms with Crippen LogP contribution >= 0.6 is 11.6 Å². The summed E-state index contributed by atoms with van der Waals surface area (Å²) < 4.78 is 63.4. The highest BCUT2D eigenvalue weighted by Crippen LogP contribution is 2.33. The highest BCUT2D eigenvalue weighted by Gasteiger charge is 2.33. The zero-order chi connectivity index (χ0) is 21.2. The summed E-state index contributed by atoms with van der Waals surface area (Å²) in [5, 5.41) is 1.29. The quantitative estimate of drug-likeness (QED) is 0.630. The third-order valence-electron chi connectivity index (χ3n) is 3.85. The molecule has 0 saturated carbocycles. The molecule has 0 aliphatic carbocycles. The number of sulfone groups is 1. The Kier molecular flexibility index (Phi) is 5.63. The van der Waals surface area contributed by atoms with Crippen LogP contribution in [0.25, 0.3) is 0 Å². The lowest BCUT2D eigenvalue weighted by Gasteiger charge is -2.10. The molecule has 0 unspecified atom stereocenters. The molecule has 0 bridgehead atoms. The number of nitrogens with one attached hydrogen (secondary N) is 1. The van der Waals surface area contributed by atoms with Gasteiger partial charge in [0.2, 0.25) is 9.84 Å². The number of benzene rings is 2. The first-order valence-electron chi connectivity index (χ1n) is 8.03. The van der Waals surface area contributed by atoms with Crippen molar-refractivity contribution < 1.29 is 26.4 Å². The maximum atomic E-state index is 12.7. The minimum atomic E-state index is -4.70. The van der Waals surface area contributed by atoms with E-state index in [1.807, 2.05) is 0 Å². The molecule has 1 aromatic heterocycles. The molecule has 0 spiro atoms. The van der Waals surface area contributed by atoms with E-state index < -0.39 is 31.6 Å². The average Bonchev–Trinajstić information content (AvgIpc) is 2.68. The van der Waals surface area contributed by atoms with Crippen molar-refractivity contribution in [2.45, 2.75) is 16.1 Å². The lowest BCUT2D eigenvalue weighted by Crippen LogP contribution is -2.12. The zero-order valence-corrected chi connectivity index (χ0v) is 16.0. The van der Waals surface area contributed by atoms with Crippen LogP contribution in [0.4, 0.5) is 18.9 Å². The van der Waals surface area contributed by atoms with Gasteiger partial charge < -0.3 is 5.32 Å². The second kappa shape index (κ2) is 7.84. The van der Waals surface area contributed by atoms with Gasteiger partial charge in [0.25, 0.3) is 5.91 Å². The van der Waals surface area contributed by atoms with E-state index in [-0.39, 0.29) is 10.8 Å². The highest BCUT2D eigenvalue weighted by atomic mass is 35.5. The first-order valence-corrected chi connectivity index (χ1v) is 9.89. The number of aromatic nitrogens is 1. The molecular formula is C19H12ClF3N2O3S. The zero-order valence-electron chi connectivity index (χ0n) is 14.4. The van der Waals surface area contributed by atoms with E-state index in [0.29, 0.717) is 23.5 Å². The van der Waals surface area contributed by atoms with Crippen molar-refractivity contribution in [2.24, 2.45) is 0 Å². The van der Waals surface area contributed by atoms with Gasteiger partial charge in [-0.15, -0.1) is 0 Å². The molecule has 0 radical (unpaired) electrons. The topological polar surface area (TPSA) is 76.1 Å². The van der Waals surface area contributed by atoms with Crippen molar-refractivity contribution in [3.8, 4) is 0 Å². The Balaban J connectivity index is 1.84. The number of alkyl halides is 3. The van der Waals surface area contributed by atoms with Crippen molar-refractivity contribution in [1.82, 2.24) is 4.98 Å². The van der Waals surface area contributed by atoms with Gasteiger partial charge in [0.15, 0.2) is 5.03 Å². The van der Waals surface area contributed by atoms with E-state index in [9.17, 15) is 26.4 Å². The lowest BCUT2D eigenvalue weighted by atomic mass is 10.2. The second-order valence-corrected chi connectivity index (χ2v) is 8.13. The summed E-state index contributed by atoms with van der Waals surface area (Å²) in [4.78, 5) is 15.3. The van der Waals surface area contributed by atoms with Gasteiger partial charge in [-0.05, 0) is 42.5 Å². The van der Waals surface area contributed by atoms with Crippen LogP contribution in [0.3, 0.4) is 0 Å². The molecule has 5 nitrogen and oxygen atoms in total. The number of carbonyl (C=O) groups excluding carboxylic acids is 1. The number of amides is 1. The van der Waals surface area contributed by atoms with Gasteiger partial charge in [-0.25, -0.2) is 13.4 Å². The van der Waals surface area contributed by atoms with Crippen molar-refractivity contribution in [3.05, 3.63) is 83.0 Å². The maximum absolute atomic E-state index is 12.7. The molecule has 150 valence electrons. The first-order chi connectivity index (χ1) is 13.6. The second-order valence-electron chi connectivity index (χ2n) is 5.86. The van der Waals surface area contributed by atoms with Crippen LogP contribution in [0.2, 0.25) is 5.02 Å². The SMILES string of the molecule is O=C(Nc1ccc(S(=O)(=O)c2ncc(C(F)(F)F)cc2Cl)cc1)c1ccccc1. The molecule has 0 aliphatic heterocycles. The summed E-state index contributed by atoms with van der Waals surface area (Å²) in [6.45, 7) is 0. The predicted molar refractivity (Wildman–Crippen MR) is 101 cm³/mol. The third-order valence-corrected chi connectivity index (χ3v) is 5.98. The monoisotopic (exact) mass is 440 g/mol. The van der Waals surface area contributed by atoms with Gasteiger partial charge in [-0.1, -0.05) is 29.8 Å². The summed E-state index contributed by atoms with van der Waals surface area (Å²) in [7, 11) is -4.25. The van der Waals surface area contributed by atoms with Crippen molar-refractivity contribution in [1.29, 1.82) is 0 Å². The number of anilines is 1. The fourth-order valence-electron chi connectivity index (χ4n) is 2.40. The van der Waals surface area contributed by atoms with Crippen LogP contribution in [0.5, 0.6) is 0 Å². The molecular weight excluding hydrogens is 429 g/mol. The summed E-state index contributed by atoms with van der Waals surface area (Å²) in [6.07, 6.45) is -4.29. The van der Waals surface area contributed by atoms with Gasteiger partial charge in [0.05, 0.1) is 15.5 Å². The molecule has 10 heteroatoms. The fourth-order valence-corrected chi connectivity index (χ4v) is 4.10. The molecule has 0 aliphatic rings. The largest absolute Gasteiger partial charge is 0.417 e. The molecule has 2 aromatic carbocycles. The van der Waals surface area contributed by atoms with Gasteiger partial charge in [0, 0.05) is 17.4 Å². The van der Waals surface area contributed by atoms with E-state index in [4.69, 9.17) is 11.6 Å². The molecule has 1 N–H and O–H groups in total. The lowest BCUT2D eigenvalue weighted by molar-refractivity contribution is -0.137. The Morgan fingerprint density at radius 1 is 1.00 bits per heavy atom. The summed E-state index contributed by atoms with van der Waals surface area (Å²) >= 11 is 5.74. The van der Waals surface area contributed by atoms with Crippen LogP contribution in [0.1, 0.15) is 15.9 Å². The number of hydrogen-bond donors (Lipinski definition) is 1. The summed E-state index contributed by atoms with van der Waals surface area (Å²) in [5.41, 5.74) is -0.394. The van der Waals surface area contributed by atoms with Crippen molar-refractivity contribution in [3.63, 3.8) is 0 Å². The smallest absolute Gasteiger partial charge is 0.322 e. The highest BCUT2D eigenvalue weighted by molar-refractivity contribution is 7.91. The number of carbonyl (C=O) groups is 1. The van der Waals surface area contributed by atoms with Gasteiger partial charge >= 0.3 is 6.18 Å². The average molecular weight is 441 g/mol. The molecule has 1 heterocycles. The van der Waals surface area contributed by atoms with Crippen molar-refractivity contribution in [2.75, 3.05) is 5.32 Å². The fraction of sp³-hybridized carbons (Fsp3) is 0.0526. The molecule has 0 atom stereocenters. The summed E-state index contributed by atoms with van der Waals surface area (Å²) in [6, 6.07) is 14.0. The Morgan fingerprint density at radius 2 is 1.62 bits per heavy atom. The van der Waals surface area contributed by atoms with E-state index in [0.717, 1.165) is 0 Å². The van der Waals surface area contributed by atoms with Crippen LogP contribution in [-0.4, -0.2) is 19.3 Å². The molecule has 0 saturated heterocycles. The number of nitrogens with zero attached hydrogens (tertiary/aromatic N) is 1. The molecule has 3 rings (SSSR count). The summed E-state index contributed by atoms with van der Waals surface area (Å²) in [5.74, 6) is -0.381. The predicted octanol–water partition coefficient (Wildman–Crippen LogP) is 4.84. The Morgan fingerprint density at radius 3 is 2.17 bits per heavy atom. The van der Waals surface area contributed by atoms with E-state index in [1.165, 1.54) is 24.3 Å². The van der Waals surface area contributed by atoms with E-state index in [1.54, 1.807) is 30.3 Å². The number of rotatable bonds is 4. The number of halogens is 4. The standard InChI is InChI=1S/C19H12ClF3N2O3S/c20-16-10-13(19(21,22)23)11-24-18(16)29(27,28)15-8-6-14(7-9-15)25-17(26)12-4-2-1-3-5-12/h1-11H,(H,25,26). The normalized spacial score (nSPS) is 11.9. The third kappa shape index (κ3) is 4.57. The Labute approximate surface area is 169 Å². The first kappa shape index (κ1) is 20.8. The number of hydrogen-bond acceptors (Lipinski definition) is 4. The van der Waals surface area contributed by atoms with Crippen LogP contribution in [-0.2, 0) is 16.0 Å². The van der Waals surface area contributed by atoms with E-state index >= 15 is 0 Å². The molecule has 0 fully saturated rings. The Hall–Kier alpha value is -2.91. The van der Waals surface area contributed by atoms with Crippen LogP contribution in [0, 0.1) is 0 Å². The molecule has 29 heavy (non-hydrogen) atoms. The van der Waals surface area contributed by atoms with Gasteiger partial charge in [-0.3, -0.25) is 4.79 Å².